The van der Waals surface area contributed by atoms with Gasteiger partial charge in [-0.2, -0.15) is 0 Å². The molecule has 0 aromatic rings. The molecule has 0 bridgehead atoms. The molecule has 4 atom stereocenters. The standard InChI is InChI=1S/4C8H16O2.C6H10O4/c4*1-2-3-4-5-6-7-8(9)10;7-3-1-9-6-4(8)2-10-5(3)6/h4*2-7H2,1H3,(H,9,10);3-8H,1-2H2/t;;;;3-,4+,5-,6-/m....1/s1. The Balaban J connectivity index is -0.000000552. The molecule has 298 valence electrons. The Labute approximate surface area is 302 Å². The predicted octanol–water partition coefficient (Wildman–Crippen LogP) is 8.23. The minimum atomic E-state index is -0.670. The van der Waals surface area contributed by atoms with Crippen molar-refractivity contribution in [2.45, 2.75) is 206 Å². The molecule has 2 saturated heterocycles. The molecular formula is C38H74O12. The van der Waals surface area contributed by atoms with E-state index < -0.39 is 36.1 Å². The van der Waals surface area contributed by atoms with Crippen LogP contribution in [0.15, 0.2) is 0 Å². The number of hydrogen-bond acceptors (Lipinski definition) is 8. The first kappa shape index (κ1) is 52.1. The molecule has 12 nitrogen and oxygen atoms in total. The second-order valence-electron chi connectivity index (χ2n) is 13.0. The fraction of sp³-hybridized carbons (Fsp3) is 0.895. The monoisotopic (exact) mass is 723 g/mol. The minimum Gasteiger partial charge on any atom is -0.481 e. The van der Waals surface area contributed by atoms with Crippen LogP contribution >= 0.6 is 0 Å². The van der Waals surface area contributed by atoms with E-state index in [1.165, 1.54) is 77.0 Å². The Bertz CT molecular complexity index is 680. The van der Waals surface area contributed by atoms with Crippen LogP contribution in [0.4, 0.5) is 0 Å². The molecule has 0 radical (unpaired) electrons. The van der Waals surface area contributed by atoms with Gasteiger partial charge in [-0.25, -0.2) is 0 Å². The Morgan fingerprint density at radius 3 is 0.780 bits per heavy atom. The van der Waals surface area contributed by atoms with E-state index in [0.29, 0.717) is 25.7 Å². The number of aliphatic hydroxyl groups excluding tert-OH is 2. The van der Waals surface area contributed by atoms with E-state index >= 15 is 0 Å². The van der Waals surface area contributed by atoms with Gasteiger partial charge in [0.25, 0.3) is 0 Å². The molecule has 2 fully saturated rings. The van der Waals surface area contributed by atoms with Crippen molar-refractivity contribution in [3.05, 3.63) is 0 Å². The second kappa shape index (κ2) is 39.5. The summed E-state index contributed by atoms with van der Waals surface area (Å²) in [4.78, 5) is 40.1. The number of aliphatic hydroxyl groups is 2. The summed E-state index contributed by atoms with van der Waals surface area (Å²) in [7, 11) is 0. The zero-order valence-electron chi connectivity index (χ0n) is 31.8. The zero-order chi connectivity index (χ0) is 38.4. The molecule has 0 spiro atoms. The number of hydrogen-bond donors (Lipinski definition) is 6. The zero-order valence-corrected chi connectivity index (χ0v) is 31.8. The van der Waals surface area contributed by atoms with Crippen molar-refractivity contribution in [1.29, 1.82) is 0 Å². The van der Waals surface area contributed by atoms with Gasteiger partial charge in [0.1, 0.15) is 24.4 Å². The SMILES string of the molecule is CCCCCCCC(=O)O.CCCCCCCC(=O)O.CCCCCCCC(=O)O.CCCCCCCC(=O)O.O[C@@H]1CO[C@H]2[C@@H]1OC[C@@H]2O. The van der Waals surface area contributed by atoms with E-state index in [9.17, 15) is 19.2 Å². The second-order valence-corrected chi connectivity index (χ2v) is 13.0. The molecule has 50 heavy (non-hydrogen) atoms. The van der Waals surface area contributed by atoms with Gasteiger partial charge in [-0.1, -0.05) is 130 Å². The van der Waals surface area contributed by atoms with Gasteiger partial charge >= 0.3 is 23.9 Å². The summed E-state index contributed by atoms with van der Waals surface area (Å²) < 4.78 is 10.2. The Morgan fingerprint density at radius 2 is 0.600 bits per heavy atom. The van der Waals surface area contributed by atoms with Crippen molar-refractivity contribution in [3.63, 3.8) is 0 Å². The number of ether oxygens (including phenoxy) is 2. The molecule has 2 heterocycles. The summed E-state index contributed by atoms with van der Waals surface area (Å²) in [5, 5.41) is 51.4. The third-order valence-electron chi connectivity index (χ3n) is 7.98. The summed E-state index contributed by atoms with van der Waals surface area (Å²) in [6.07, 6.45) is 21.8. The van der Waals surface area contributed by atoms with Gasteiger partial charge in [-0.3, -0.25) is 19.2 Å². The third kappa shape index (κ3) is 40.2. The van der Waals surface area contributed by atoms with E-state index in [2.05, 4.69) is 27.7 Å². The molecular weight excluding hydrogens is 648 g/mol. The van der Waals surface area contributed by atoms with Crippen molar-refractivity contribution < 1.29 is 59.3 Å². The molecule has 0 aliphatic carbocycles. The van der Waals surface area contributed by atoms with Crippen molar-refractivity contribution >= 4 is 23.9 Å². The van der Waals surface area contributed by atoms with Gasteiger partial charge in [-0.15, -0.1) is 0 Å². The maximum atomic E-state index is 10.0. The van der Waals surface area contributed by atoms with Crippen molar-refractivity contribution in [3.8, 4) is 0 Å². The fourth-order valence-corrected chi connectivity index (χ4v) is 4.98. The van der Waals surface area contributed by atoms with Gasteiger partial charge in [0.15, 0.2) is 0 Å². The smallest absolute Gasteiger partial charge is 0.303 e. The van der Waals surface area contributed by atoms with Gasteiger partial charge in [0, 0.05) is 25.7 Å². The molecule has 0 aromatic heterocycles. The lowest BCUT2D eigenvalue weighted by Gasteiger charge is -2.09. The van der Waals surface area contributed by atoms with Crippen molar-refractivity contribution in [1.82, 2.24) is 0 Å². The highest BCUT2D eigenvalue weighted by atomic mass is 16.6. The molecule has 0 saturated carbocycles. The molecule has 2 aliphatic heterocycles. The van der Waals surface area contributed by atoms with Crippen molar-refractivity contribution in [2.24, 2.45) is 0 Å². The van der Waals surface area contributed by atoms with Crippen LogP contribution in [0.25, 0.3) is 0 Å². The van der Waals surface area contributed by atoms with Gasteiger partial charge in [-0.05, 0) is 25.7 Å². The first-order valence-corrected chi connectivity index (χ1v) is 19.3. The van der Waals surface area contributed by atoms with E-state index in [1.54, 1.807) is 0 Å². The number of unbranched alkanes of at least 4 members (excludes halogenated alkanes) is 16. The molecule has 2 aliphatic rings. The fourth-order valence-electron chi connectivity index (χ4n) is 4.98. The molecule has 0 unspecified atom stereocenters. The van der Waals surface area contributed by atoms with Gasteiger partial charge in [0.05, 0.1) is 13.2 Å². The minimum absolute atomic E-state index is 0.284. The average molecular weight is 723 g/mol. The maximum absolute atomic E-state index is 10.0. The summed E-state index contributed by atoms with van der Waals surface area (Å²) in [5.74, 6) is -2.68. The summed E-state index contributed by atoms with van der Waals surface area (Å²) in [5.41, 5.74) is 0. The molecule has 6 N–H and O–H groups in total. The summed E-state index contributed by atoms with van der Waals surface area (Å²) in [6.45, 7) is 9.17. The lowest BCUT2D eigenvalue weighted by Crippen LogP contribution is -2.30. The predicted molar refractivity (Wildman–Crippen MR) is 196 cm³/mol. The largest absolute Gasteiger partial charge is 0.481 e. The molecule has 2 rings (SSSR count). The van der Waals surface area contributed by atoms with Crippen LogP contribution in [0.3, 0.4) is 0 Å². The average Bonchev–Trinajstić information content (AvgIpc) is 3.63. The molecule has 12 heteroatoms. The quantitative estimate of drug-likeness (QED) is 0.0521. The van der Waals surface area contributed by atoms with E-state index in [4.69, 9.17) is 40.1 Å². The Kier molecular flexibility index (Phi) is 41.2. The summed E-state index contributed by atoms with van der Waals surface area (Å²) in [6, 6.07) is 0. The van der Waals surface area contributed by atoms with Gasteiger partial charge in [0.2, 0.25) is 0 Å². The van der Waals surface area contributed by atoms with E-state index in [-0.39, 0.29) is 25.4 Å². The topological polar surface area (TPSA) is 208 Å². The highest BCUT2D eigenvalue weighted by molar-refractivity contribution is 5.67. The first-order valence-electron chi connectivity index (χ1n) is 19.3. The normalized spacial score (nSPS) is 18.4. The lowest BCUT2D eigenvalue weighted by atomic mass is 10.1. The Morgan fingerprint density at radius 1 is 0.400 bits per heavy atom. The maximum Gasteiger partial charge on any atom is 0.303 e. The number of fused-ring (bicyclic) bond motifs is 1. The summed E-state index contributed by atoms with van der Waals surface area (Å²) >= 11 is 0. The highest BCUT2D eigenvalue weighted by Gasteiger charge is 2.46. The third-order valence-corrected chi connectivity index (χ3v) is 7.98. The first-order chi connectivity index (χ1) is 23.9. The number of carboxylic acid groups (broad SMARTS) is 4. The van der Waals surface area contributed by atoms with Crippen LogP contribution in [-0.2, 0) is 28.7 Å². The van der Waals surface area contributed by atoms with Crippen LogP contribution in [0, 0.1) is 0 Å². The Hall–Kier alpha value is -2.28. The van der Waals surface area contributed by atoms with Crippen LogP contribution in [0.2, 0.25) is 0 Å². The molecule has 0 aromatic carbocycles. The number of rotatable bonds is 24. The van der Waals surface area contributed by atoms with Gasteiger partial charge < -0.3 is 40.1 Å². The number of carbonyl (C=O) groups is 4. The van der Waals surface area contributed by atoms with E-state index in [1.807, 2.05) is 0 Å². The highest BCUT2D eigenvalue weighted by Crippen LogP contribution is 2.26. The van der Waals surface area contributed by atoms with Crippen molar-refractivity contribution in [2.75, 3.05) is 13.2 Å². The van der Waals surface area contributed by atoms with Crippen LogP contribution in [0.1, 0.15) is 182 Å². The van der Waals surface area contributed by atoms with Crippen LogP contribution < -0.4 is 0 Å². The van der Waals surface area contributed by atoms with Crippen LogP contribution in [-0.4, -0.2) is 92.1 Å². The number of carboxylic acids is 4. The molecule has 0 amide bonds. The lowest BCUT2D eigenvalue weighted by molar-refractivity contribution is -0.138. The van der Waals surface area contributed by atoms with E-state index in [0.717, 1.165) is 51.4 Å². The number of aliphatic carboxylic acids is 4. The van der Waals surface area contributed by atoms with Crippen LogP contribution in [0.5, 0.6) is 0 Å².